The molecular formula is C12H11F6N. The van der Waals surface area contributed by atoms with Crippen LogP contribution in [0.25, 0.3) is 0 Å². The Hall–Kier alpha value is -1.24. The van der Waals surface area contributed by atoms with Gasteiger partial charge in [-0.3, -0.25) is 5.32 Å². The zero-order valence-electron chi connectivity index (χ0n) is 9.70. The Morgan fingerprint density at radius 3 is 1.84 bits per heavy atom. The molecule has 0 amide bonds. The van der Waals surface area contributed by atoms with E-state index in [9.17, 15) is 26.3 Å². The van der Waals surface area contributed by atoms with Crippen molar-refractivity contribution in [3.8, 4) is 0 Å². The third-order valence-corrected chi connectivity index (χ3v) is 3.20. The predicted octanol–water partition coefficient (Wildman–Crippen LogP) is 3.89. The quantitative estimate of drug-likeness (QED) is 0.830. The second-order valence-electron chi connectivity index (χ2n) is 4.63. The van der Waals surface area contributed by atoms with Gasteiger partial charge in [0.2, 0.25) is 0 Å². The van der Waals surface area contributed by atoms with E-state index in [4.69, 9.17) is 0 Å². The van der Waals surface area contributed by atoms with E-state index >= 15 is 0 Å². The molecule has 1 aromatic rings. The van der Waals surface area contributed by atoms with E-state index in [0.717, 1.165) is 12.1 Å². The van der Waals surface area contributed by atoms with Crippen molar-refractivity contribution in [1.29, 1.82) is 0 Å². The normalized spacial score (nSPS) is 18.4. The third kappa shape index (κ3) is 3.02. The molecule has 0 spiro atoms. The van der Waals surface area contributed by atoms with E-state index in [2.05, 4.69) is 5.32 Å². The van der Waals surface area contributed by atoms with Crippen LogP contribution in [0, 0.1) is 0 Å². The lowest BCUT2D eigenvalue weighted by atomic mass is 10.1. The maximum atomic E-state index is 12.6. The van der Waals surface area contributed by atoms with Crippen LogP contribution < -0.4 is 5.32 Å². The minimum atomic E-state index is -4.43. The number of rotatable bonds is 3. The van der Waals surface area contributed by atoms with Crippen molar-refractivity contribution < 1.29 is 26.3 Å². The van der Waals surface area contributed by atoms with E-state index < -0.39 is 23.5 Å². The molecule has 0 bridgehead atoms. The molecule has 0 unspecified atom stereocenters. The highest BCUT2D eigenvalue weighted by Crippen LogP contribution is 2.49. The van der Waals surface area contributed by atoms with E-state index in [-0.39, 0.29) is 19.4 Å². The molecule has 7 heteroatoms. The second-order valence-corrected chi connectivity index (χ2v) is 4.63. The molecule has 0 saturated heterocycles. The van der Waals surface area contributed by atoms with Gasteiger partial charge >= 0.3 is 12.4 Å². The Bertz CT molecular complexity index is 441. The molecule has 2 rings (SSSR count). The van der Waals surface area contributed by atoms with E-state index in [1.165, 1.54) is 12.1 Å². The molecule has 1 aromatic carbocycles. The molecule has 1 aliphatic rings. The fourth-order valence-corrected chi connectivity index (χ4v) is 1.77. The van der Waals surface area contributed by atoms with Crippen LogP contribution in [0.1, 0.15) is 24.0 Å². The summed E-state index contributed by atoms with van der Waals surface area (Å²) in [6.45, 7) is -0.0996. The first kappa shape index (κ1) is 14.2. The van der Waals surface area contributed by atoms with Gasteiger partial charge in [-0.15, -0.1) is 0 Å². The SMILES string of the molecule is FC(F)(F)c1ccc(CNC2(C(F)(F)F)CC2)cc1. The Balaban J connectivity index is 1.98. The van der Waals surface area contributed by atoms with Gasteiger partial charge in [0, 0.05) is 6.54 Å². The summed E-state index contributed by atoms with van der Waals surface area (Å²) in [4.78, 5) is 0. The summed E-state index contributed by atoms with van der Waals surface area (Å²) in [5, 5.41) is 2.38. The van der Waals surface area contributed by atoms with E-state index in [0.29, 0.717) is 5.56 Å². The summed E-state index contributed by atoms with van der Waals surface area (Å²) in [6, 6.07) is 4.10. The zero-order valence-corrected chi connectivity index (χ0v) is 9.70. The molecule has 0 radical (unpaired) electrons. The molecule has 1 aliphatic carbocycles. The van der Waals surface area contributed by atoms with Crippen LogP contribution in [0.3, 0.4) is 0 Å². The molecule has 0 atom stereocenters. The van der Waals surface area contributed by atoms with Crippen LogP contribution in [0.15, 0.2) is 24.3 Å². The number of benzene rings is 1. The molecule has 1 N–H and O–H groups in total. The van der Waals surface area contributed by atoms with Gasteiger partial charge in [0.25, 0.3) is 0 Å². The highest BCUT2D eigenvalue weighted by Gasteiger charge is 2.62. The summed E-state index contributed by atoms with van der Waals surface area (Å²) in [6.07, 6.45) is -8.73. The first-order valence-electron chi connectivity index (χ1n) is 5.62. The van der Waals surface area contributed by atoms with E-state index in [1.54, 1.807) is 0 Å². The van der Waals surface area contributed by atoms with Gasteiger partial charge in [0.15, 0.2) is 0 Å². The second kappa shape index (κ2) is 4.40. The van der Waals surface area contributed by atoms with Crippen molar-refractivity contribution in [2.24, 2.45) is 0 Å². The molecule has 0 aromatic heterocycles. The standard InChI is InChI=1S/C12H11F6N/c13-11(14,15)9-3-1-8(2-4-9)7-19-10(5-6-10)12(16,17)18/h1-4,19H,5-7H2. The molecule has 0 aliphatic heterocycles. The smallest absolute Gasteiger partial charge is 0.299 e. The van der Waals surface area contributed by atoms with Crippen LogP contribution in [0.2, 0.25) is 0 Å². The van der Waals surface area contributed by atoms with Gasteiger partial charge in [-0.1, -0.05) is 12.1 Å². The number of nitrogens with one attached hydrogen (secondary N) is 1. The lowest BCUT2D eigenvalue weighted by Crippen LogP contribution is -2.44. The minimum Gasteiger partial charge on any atom is -0.299 e. The number of hydrogen-bond donors (Lipinski definition) is 1. The highest BCUT2D eigenvalue weighted by molar-refractivity contribution is 5.25. The molecule has 1 saturated carbocycles. The zero-order chi connectivity index (χ0) is 14.3. The van der Waals surface area contributed by atoms with Gasteiger partial charge in [0.1, 0.15) is 5.54 Å². The molecule has 1 fully saturated rings. The summed E-state index contributed by atoms with van der Waals surface area (Å²) < 4.78 is 74.7. The fraction of sp³-hybridized carbons (Fsp3) is 0.500. The van der Waals surface area contributed by atoms with Gasteiger partial charge in [0.05, 0.1) is 5.56 Å². The van der Waals surface area contributed by atoms with Crippen LogP contribution >= 0.6 is 0 Å². The van der Waals surface area contributed by atoms with Crippen LogP contribution in [-0.2, 0) is 12.7 Å². The van der Waals surface area contributed by atoms with Gasteiger partial charge < -0.3 is 0 Å². The lowest BCUT2D eigenvalue weighted by molar-refractivity contribution is -0.166. The molecular weight excluding hydrogens is 272 g/mol. The number of hydrogen-bond acceptors (Lipinski definition) is 1. The van der Waals surface area contributed by atoms with Gasteiger partial charge in [-0.25, -0.2) is 0 Å². The summed E-state index contributed by atoms with van der Waals surface area (Å²) >= 11 is 0. The van der Waals surface area contributed by atoms with Crippen molar-refractivity contribution in [3.05, 3.63) is 35.4 Å². The molecule has 106 valence electrons. The fourth-order valence-electron chi connectivity index (χ4n) is 1.77. The largest absolute Gasteiger partial charge is 0.416 e. The molecule has 19 heavy (non-hydrogen) atoms. The number of alkyl halides is 6. The highest BCUT2D eigenvalue weighted by atomic mass is 19.4. The molecule has 1 nitrogen and oxygen atoms in total. The average molecular weight is 283 g/mol. The Kier molecular flexibility index (Phi) is 3.28. The average Bonchev–Trinajstić information content (AvgIpc) is 3.06. The monoisotopic (exact) mass is 283 g/mol. The Morgan fingerprint density at radius 1 is 0.947 bits per heavy atom. The molecule has 0 heterocycles. The maximum Gasteiger partial charge on any atom is 0.416 e. The minimum absolute atomic E-state index is 0.0110. The van der Waals surface area contributed by atoms with Crippen molar-refractivity contribution in [3.63, 3.8) is 0 Å². The van der Waals surface area contributed by atoms with Crippen molar-refractivity contribution in [2.45, 2.75) is 37.3 Å². The topological polar surface area (TPSA) is 12.0 Å². The Labute approximate surface area is 105 Å². The van der Waals surface area contributed by atoms with Crippen LogP contribution in [0.4, 0.5) is 26.3 Å². The van der Waals surface area contributed by atoms with Crippen molar-refractivity contribution >= 4 is 0 Å². The summed E-state index contributed by atoms with van der Waals surface area (Å²) in [5.74, 6) is 0. The predicted molar refractivity (Wildman–Crippen MR) is 56.3 cm³/mol. The number of halogens is 6. The van der Waals surface area contributed by atoms with Crippen molar-refractivity contribution in [1.82, 2.24) is 5.32 Å². The van der Waals surface area contributed by atoms with Crippen molar-refractivity contribution in [2.75, 3.05) is 0 Å². The first-order valence-corrected chi connectivity index (χ1v) is 5.62. The van der Waals surface area contributed by atoms with Gasteiger partial charge in [-0.2, -0.15) is 26.3 Å². The summed E-state index contributed by atoms with van der Waals surface area (Å²) in [5.41, 5.74) is -2.27. The maximum absolute atomic E-state index is 12.6. The third-order valence-electron chi connectivity index (χ3n) is 3.20. The van der Waals surface area contributed by atoms with Crippen LogP contribution in [0.5, 0.6) is 0 Å². The lowest BCUT2D eigenvalue weighted by Gasteiger charge is -2.20. The first-order chi connectivity index (χ1) is 8.64. The van der Waals surface area contributed by atoms with Crippen LogP contribution in [-0.4, -0.2) is 11.7 Å². The van der Waals surface area contributed by atoms with Gasteiger partial charge in [-0.05, 0) is 30.5 Å². The Morgan fingerprint density at radius 2 is 1.47 bits per heavy atom. The van der Waals surface area contributed by atoms with E-state index in [1.807, 2.05) is 0 Å². The summed E-state index contributed by atoms with van der Waals surface area (Å²) in [7, 11) is 0.